The van der Waals surface area contributed by atoms with E-state index in [1.807, 2.05) is 73.7 Å². The number of para-hydroxylation sites is 1. The van der Waals surface area contributed by atoms with Gasteiger partial charge in [0, 0.05) is 18.2 Å². The van der Waals surface area contributed by atoms with E-state index in [1.54, 1.807) is 18.2 Å². The second-order valence-electron chi connectivity index (χ2n) is 7.10. The molecule has 0 saturated carbocycles. The van der Waals surface area contributed by atoms with Crippen molar-refractivity contribution in [2.24, 2.45) is 5.16 Å². The Morgan fingerprint density at radius 1 is 1.03 bits per heavy atom. The Labute approximate surface area is 175 Å². The molecule has 0 bridgehead atoms. The van der Waals surface area contributed by atoms with E-state index >= 15 is 0 Å². The number of carbonyl (C=O) groups excluding carboxylic acids is 1. The highest BCUT2D eigenvalue weighted by atomic mass is 16.6. The van der Waals surface area contributed by atoms with E-state index in [9.17, 15) is 4.79 Å². The number of rotatable bonds is 6. The largest absolute Gasteiger partial charge is 0.496 e. The van der Waals surface area contributed by atoms with Crippen LogP contribution in [0.15, 0.2) is 78.1 Å². The van der Waals surface area contributed by atoms with Crippen LogP contribution in [0.2, 0.25) is 0 Å². The third-order valence-corrected chi connectivity index (χ3v) is 5.07. The molecule has 1 aliphatic heterocycles. The molecule has 0 radical (unpaired) electrons. The molecule has 0 saturated heterocycles. The van der Waals surface area contributed by atoms with Gasteiger partial charge in [-0.3, -0.25) is 14.7 Å². The van der Waals surface area contributed by atoms with Gasteiger partial charge in [0.25, 0.3) is 5.91 Å². The van der Waals surface area contributed by atoms with E-state index in [0.717, 1.165) is 16.7 Å². The normalized spacial score (nSPS) is 16.1. The summed E-state index contributed by atoms with van der Waals surface area (Å²) >= 11 is 0. The van der Waals surface area contributed by atoms with E-state index in [2.05, 4.69) is 10.1 Å². The van der Waals surface area contributed by atoms with Crippen LogP contribution in [0.4, 0.5) is 0 Å². The number of nitrogens with zero attached hydrogens (tertiary/aromatic N) is 3. The lowest BCUT2D eigenvalue weighted by Gasteiger charge is -2.31. The number of oxime groups is 1. The maximum atomic E-state index is 13.5. The van der Waals surface area contributed by atoms with E-state index < -0.39 is 6.10 Å². The van der Waals surface area contributed by atoms with Crippen LogP contribution in [0.5, 0.6) is 5.75 Å². The van der Waals surface area contributed by atoms with Crippen LogP contribution in [0, 0.1) is 6.92 Å². The zero-order chi connectivity index (χ0) is 20.9. The molecule has 0 fully saturated rings. The standard InChI is InChI=1S/C24H23N3O3/c1-17-9-8-14-25-22(17)23-26-30-21(15-18-10-4-3-5-11-18)24(28)27(23)16-19-12-6-7-13-20(19)29-2/h3-14,21H,15-16H2,1-2H3. The molecule has 1 unspecified atom stereocenters. The van der Waals surface area contributed by atoms with Crippen molar-refractivity contribution < 1.29 is 14.4 Å². The molecule has 2 aromatic carbocycles. The molecule has 2 heterocycles. The van der Waals surface area contributed by atoms with Crippen LogP contribution in [0.3, 0.4) is 0 Å². The summed E-state index contributed by atoms with van der Waals surface area (Å²) in [4.78, 5) is 25.2. The number of hydrogen-bond donors (Lipinski definition) is 0. The molecular formula is C24H23N3O3. The van der Waals surface area contributed by atoms with Crippen LogP contribution < -0.4 is 4.74 Å². The molecule has 0 N–H and O–H groups in total. The van der Waals surface area contributed by atoms with Crippen LogP contribution >= 0.6 is 0 Å². The number of methoxy groups -OCH3 is 1. The Kier molecular flexibility index (Phi) is 5.75. The van der Waals surface area contributed by atoms with Gasteiger partial charge in [0.1, 0.15) is 11.4 Å². The maximum absolute atomic E-state index is 13.5. The summed E-state index contributed by atoms with van der Waals surface area (Å²) in [5, 5.41) is 4.34. The number of ether oxygens (including phenoxy) is 1. The fourth-order valence-corrected chi connectivity index (χ4v) is 3.49. The zero-order valence-corrected chi connectivity index (χ0v) is 17.0. The average molecular weight is 401 g/mol. The maximum Gasteiger partial charge on any atom is 0.272 e. The summed E-state index contributed by atoms with van der Waals surface area (Å²) < 4.78 is 5.48. The molecule has 152 valence electrons. The van der Waals surface area contributed by atoms with Gasteiger partial charge in [-0.15, -0.1) is 0 Å². The highest BCUT2D eigenvalue weighted by Crippen LogP contribution is 2.25. The lowest BCUT2D eigenvalue weighted by atomic mass is 10.0. The van der Waals surface area contributed by atoms with E-state index in [0.29, 0.717) is 30.2 Å². The van der Waals surface area contributed by atoms with Gasteiger partial charge in [-0.1, -0.05) is 59.8 Å². The Morgan fingerprint density at radius 2 is 1.80 bits per heavy atom. The quantitative estimate of drug-likeness (QED) is 0.631. The highest BCUT2D eigenvalue weighted by molar-refractivity contribution is 6.09. The first-order chi connectivity index (χ1) is 14.7. The minimum absolute atomic E-state index is 0.153. The van der Waals surface area contributed by atoms with Crippen LogP contribution in [-0.2, 0) is 22.6 Å². The van der Waals surface area contributed by atoms with Crippen LogP contribution in [-0.4, -0.2) is 34.8 Å². The Balaban J connectivity index is 1.70. The van der Waals surface area contributed by atoms with E-state index in [4.69, 9.17) is 9.57 Å². The van der Waals surface area contributed by atoms with Crippen molar-refractivity contribution in [2.75, 3.05) is 7.11 Å². The fourth-order valence-electron chi connectivity index (χ4n) is 3.49. The molecule has 0 spiro atoms. The lowest BCUT2D eigenvalue weighted by Crippen LogP contribution is -2.48. The number of pyridine rings is 1. The number of benzene rings is 2. The summed E-state index contributed by atoms with van der Waals surface area (Å²) in [5.41, 5.74) is 3.44. The van der Waals surface area contributed by atoms with Gasteiger partial charge in [0.15, 0.2) is 0 Å². The van der Waals surface area contributed by atoms with Gasteiger partial charge < -0.3 is 9.57 Å². The van der Waals surface area contributed by atoms with Crippen molar-refractivity contribution in [3.63, 3.8) is 0 Å². The Hall–Kier alpha value is -3.67. The Bertz CT molecular complexity index is 1070. The smallest absolute Gasteiger partial charge is 0.272 e. The second kappa shape index (κ2) is 8.78. The molecule has 1 atom stereocenters. The van der Waals surface area contributed by atoms with Crippen molar-refractivity contribution in [1.82, 2.24) is 9.88 Å². The third kappa shape index (κ3) is 4.03. The molecule has 30 heavy (non-hydrogen) atoms. The molecule has 4 rings (SSSR count). The second-order valence-corrected chi connectivity index (χ2v) is 7.10. The van der Waals surface area contributed by atoms with Gasteiger partial charge >= 0.3 is 0 Å². The predicted octanol–water partition coefficient (Wildman–Crippen LogP) is 3.73. The van der Waals surface area contributed by atoms with Gasteiger partial charge in [-0.2, -0.15) is 0 Å². The molecule has 0 aliphatic carbocycles. The number of amidine groups is 1. The van der Waals surface area contributed by atoms with Gasteiger partial charge in [-0.25, -0.2) is 0 Å². The van der Waals surface area contributed by atoms with Crippen LogP contribution in [0.25, 0.3) is 0 Å². The number of carbonyl (C=O) groups is 1. The summed E-state index contributed by atoms with van der Waals surface area (Å²) in [6.07, 6.45) is 1.43. The zero-order valence-electron chi connectivity index (χ0n) is 17.0. The topological polar surface area (TPSA) is 64.0 Å². The molecule has 1 aromatic heterocycles. The lowest BCUT2D eigenvalue weighted by molar-refractivity contribution is -0.143. The van der Waals surface area contributed by atoms with Crippen molar-refractivity contribution in [3.05, 3.63) is 95.3 Å². The predicted molar refractivity (Wildman–Crippen MR) is 114 cm³/mol. The van der Waals surface area contributed by atoms with Crippen LogP contribution in [0.1, 0.15) is 22.4 Å². The summed E-state index contributed by atoms with van der Waals surface area (Å²) in [6, 6.07) is 21.2. The van der Waals surface area contributed by atoms with E-state index in [-0.39, 0.29) is 5.91 Å². The minimum atomic E-state index is -0.699. The summed E-state index contributed by atoms with van der Waals surface area (Å²) in [5.74, 6) is 0.974. The summed E-state index contributed by atoms with van der Waals surface area (Å²) in [7, 11) is 1.62. The van der Waals surface area contributed by atoms with Gasteiger partial charge in [-0.05, 0) is 30.2 Å². The van der Waals surface area contributed by atoms with Crippen molar-refractivity contribution >= 4 is 11.7 Å². The first-order valence-corrected chi connectivity index (χ1v) is 9.80. The fraction of sp³-hybridized carbons (Fsp3) is 0.208. The number of aromatic nitrogens is 1. The molecule has 6 heteroatoms. The minimum Gasteiger partial charge on any atom is -0.496 e. The third-order valence-electron chi connectivity index (χ3n) is 5.07. The summed E-state index contributed by atoms with van der Waals surface area (Å²) in [6.45, 7) is 2.25. The van der Waals surface area contributed by atoms with Gasteiger partial charge in [0.05, 0.1) is 13.7 Å². The molecule has 3 aromatic rings. The first kappa shape index (κ1) is 19.6. The molecular weight excluding hydrogens is 378 g/mol. The highest BCUT2D eigenvalue weighted by Gasteiger charge is 2.36. The van der Waals surface area contributed by atoms with Crippen molar-refractivity contribution in [3.8, 4) is 5.75 Å². The SMILES string of the molecule is COc1ccccc1CN1C(=O)C(Cc2ccccc2)ON=C1c1ncccc1C. The molecule has 1 amide bonds. The van der Waals surface area contributed by atoms with Gasteiger partial charge in [0.2, 0.25) is 11.9 Å². The number of hydrogen-bond acceptors (Lipinski definition) is 5. The molecule has 1 aliphatic rings. The molecule has 6 nitrogen and oxygen atoms in total. The Morgan fingerprint density at radius 3 is 2.57 bits per heavy atom. The average Bonchev–Trinajstić information content (AvgIpc) is 2.78. The monoisotopic (exact) mass is 401 g/mol. The number of aryl methyl sites for hydroxylation is 1. The number of amides is 1. The first-order valence-electron chi connectivity index (χ1n) is 9.80. The van der Waals surface area contributed by atoms with Crippen molar-refractivity contribution in [1.29, 1.82) is 0 Å². The van der Waals surface area contributed by atoms with E-state index in [1.165, 1.54) is 0 Å². The van der Waals surface area contributed by atoms with Crippen molar-refractivity contribution in [2.45, 2.75) is 26.0 Å².